The number of likely N-dealkylation sites (tertiary alicyclic amines) is 1. The molecule has 3 rings (SSSR count). The van der Waals surface area contributed by atoms with Gasteiger partial charge in [-0.05, 0) is 25.8 Å². The van der Waals surface area contributed by atoms with Crippen LogP contribution in [0.2, 0.25) is 0 Å². The molecule has 1 aliphatic carbocycles. The van der Waals surface area contributed by atoms with Gasteiger partial charge >= 0.3 is 0 Å². The van der Waals surface area contributed by atoms with E-state index in [-0.39, 0.29) is 12.6 Å². The molecule has 1 saturated carbocycles. The maximum atomic E-state index is 12.5. The summed E-state index contributed by atoms with van der Waals surface area (Å²) in [5.74, 6) is 2.18. The summed E-state index contributed by atoms with van der Waals surface area (Å²) in [6, 6.07) is 0. The van der Waals surface area contributed by atoms with Crippen molar-refractivity contribution in [2.45, 2.75) is 31.7 Å². The molecule has 2 aliphatic rings. The second-order valence-electron chi connectivity index (χ2n) is 4.85. The van der Waals surface area contributed by atoms with Gasteiger partial charge in [-0.2, -0.15) is 0 Å². The number of hydrogen-bond acceptors (Lipinski definition) is 4. The molecule has 2 fully saturated rings. The molecule has 1 atom stereocenters. The Hall–Kier alpha value is -0.970. The average molecular weight is 225 g/mol. The first-order valence-electron chi connectivity index (χ1n) is 5.95. The van der Waals surface area contributed by atoms with Crippen molar-refractivity contribution in [3.8, 4) is 0 Å². The summed E-state index contributed by atoms with van der Waals surface area (Å²) in [5, 5.41) is 8.08. The van der Waals surface area contributed by atoms with Gasteiger partial charge in [0.15, 0.2) is 0 Å². The fraction of sp³-hybridized carbons (Fsp3) is 0.818. The van der Waals surface area contributed by atoms with Crippen LogP contribution in [0.25, 0.3) is 0 Å². The Morgan fingerprint density at radius 2 is 2.19 bits per heavy atom. The third-order valence-electron chi connectivity index (χ3n) is 3.36. The minimum Gasteiger partial charge on any atom is -0.424 e. The van der Waals surface area contributed by atoms with Crippen LogP contribution in [0.15, 0.2) is 4.42 Å². The maximum Gasteiger partial charge on any atom is 0.230 e. The minimum absolute atomic E-state index is 0.200. The van der Waals surface area contributed by atoms with Crippen molar-refractivity contribution in [1.82, 2.24) is 15.1 Å². The van der Waals surface area contributed by atoms with Crippen LogP contribution in [-0.4, -0.2) is 34.9 Å². The molecule has 1 aromatic heterocycles. The van der Waals surface area contributed by atoms with Crippen molar-refractivity contribution in [1.29, 1.82) is 0 Å². The standard InChI is InChI=1S/C11H16FN3O/c12-5-8-3-4-15(6-8)7-10-13-14-11(16-10)9-1-2-9/h8-9H,1-7H2. The molecule has 0 bridgehead atoms. The largest absolute Gasteiger partial charge is 0.424 e. The fourth-order valence-electron chi connectivity index (χ4n) is 2.20. The van der Waals surface area contributed by atoms with Gasteiger partial charge in [-0.3, -0.25) is 9.29 Å². The summed E-state index contributed by atoms with van der Waals surface area (Å²) in [4.78, 5) is 2.19. The summed E-state index contributed by atoms with van der Waals surface area (Å²) in [6.07, 6.45) is 3.30. The minimum atomic E-state index is -0.215. The van der Waals surface area contributed by atoms with Crippen molar-refractivity contribution >= 4 is 0 Å². The lowest BCUT2D eigenvalue weighted by Gasteiger charge is -2.11. The summed E-state index contributed by atoms with van der Waals surface area (Å²) in [5.41, 5.74) is 0. The van der Waals surface area contributed by atoms with Gasteiger partial charge in [0.05, 0.1) is 13.2 Å². The molecule has 0 radical (unpaired) electrons. The third-order valence-corrected chi connectivity index (χ3v) is 3.36. The molecule has 1 unspecified atom stereocenters. The Morgan fingerprint density at radius 3 is 2.88 bits per heavy atom. The van der Waals surface area contributed by atoms with Crippen molar-refractivity contribution < 1.29 is 8.81 Å². The van der Waals surface area contributed by atoms with Gasteiger partial charge in [0.25, 0.3) is 0 Å². The zero-order valence-electron chi connectivity index (χ0n) is 9.23. The van der Waals surface area contributed by atoms with Crippen LogP contribution >= 0.6 is 0 Å². The van der Waals surface area contributed by atoms with E-state index in [9.17, 15) is 4.39 Å². The summed E-state index contributed by atoms with van der Waals surface area (Å²) in [7, 11) is 0. The van der Waals surface area contributed by atoms with E-state index >= 15 is 0 Å². The molecule has 4 nitrogen and oxygen atoms in total. The molecule has 16 heavy (non-hydrogen) atoms. The first-order valence-corrected chi connectivity index (χ1v) is 5.95. The summed E-state index contributed by atoms with van der Waals surface area (Å²) >= 11 is 0. The first-order chi connectivity index (χ1) is 7.85. The highest BCUT2D eigenvalue weighted by Crippen LogP contribution is 2.39. The lowest BCUT2D eigenvalue weighted by molar-refractivity contribution is 0.266. The van der Waals surface area contributed by atoms with Crippen molar-refractivity contribution in [2.24, 2.45) is 5.92 Å². The van der Waals surface area contributed by atoms with E-state index in [0.717, 1.165) is 25.4 Å². The van der Waals surface area contributed by atoms with Crippen LogP contribution in [0.5, 0.6) is 0 Å². The molecular weight excluding hydrogens is 209 g/mol. The second kappa shape index (κ2) is 4.13. The van der Waals surface area contributed by atoms with Crippen LogP contribution in [0.1, 0.15) is 37.0 Å². The molecule has 1 saturated heterocycles. The molecule has 0 amide bonds. The van der Waals surface area contributed by atoms with E-state index in [1.165, 1.54) is 12.8 Å². The molecule has 1 aromatic rings. The Morgan fingerprint density at radius 1 is 1.31 bits per heavy atom. The van der Waals surface area contributed by atoms with Gasteiger partial charge in [-0.15, -0.1) is 10.2 Å². The van der Waals surface area contributed by atoms with Crippen LogP contribution in [-0.2, 0) is 6.54 Å². The maximum absolute atomic E-state index is 12.5. The van der Waals surface area contributed by atoms with Gasteiger partial charge < -0.3 is 4.42 Å². The number of aromatic nitrogens is 2. The van der Waals surface area contributed by atoms with Crippen molar-refractivity contribution in [3.05, 3.63) is 11.8 Å². The highest BCUT2D eigenvalue weighted by Gasteiger charge is 2.30. The van der Waals surface area contributed by atoms with Crippen LogP contribution in [0.3, 0.4) is 0 Å². The molecular formula is C11H16FN3O. The summed E-state index contributed by atoms with van der Waals surface area (Å²) < 4.78 is 18.0. The predicted octanol–water partition coefficient (Wildman–Crippen LogP) is 1.74. The van der Waals surface area contributed by atoms with E-state index in [1.54, 1.807) is 0 Å². The van der Waals surface area contributed by atoms with Gasteiger partial charge in [0.2, 0.25) is 11.8 Å². The van der Waals surface area contributed by atoms with E-state index < -0.39 is 0 Å². The number of rotatable bonds is 4. The Labute approximate surface area is 93.8 Å². The van der Waals surface area contributed by atoms with Gasteiger partial charge in [-0.25, -0.2) is 0 Å². The highest BCUT2D eigenvalue weighted by atomic mass is 19.1. The van der Waals surface area contributed by atoms with Gasteiger partial charge in [-0.1, -0.05) is 0 Å². The van der Waals surface area contributed by atoms with Gasteiger partial charge in [0.1, 0.15) is 0 Å². The average Bonchev–Trinajstić information content (AvgIpc) is 2.88. The lowest BCUT2D eigenvalue weighted by atomic mass is 10.1. The molecule has 2 heterocycles. The molecule has 0 spiro atoms. The van der Waals surface area contributed by atoms with Crippen LogP contribution in [0.4, 0.5) is 4.39 Å². The molecule has 88 valence electrons. The van der Waals surface area contributed by atoms with Crippen LogP contribution in [0, 0.1) is 5.92 Å². The summed E-state index contributed by atoms with van der Waals surface area (Å²) in [6.45, 7) is 2.22. The van der Waals surface area contributed by atoms with E-state index in [0.29, 0.717) is 18.4 Å². The van der Waals surface area contributed by atoms with E-state index in [1.807, 2.05) is 0 Å². The number of halogens is 1. The monoisotopic (exact) mass is 225 g/mol. The third kappa shape index (κ3) is 2.09. The molecule has 0 N–H and O–H groups in total. The zero-order valence-corrected chi connectivity index (χ0v) is 9.23. The SMILES string of the molecule is FCC1CCN(Cc2nnc(C3CC3)o2)C1. The van der Waals surface area contributed by atoms with E-state index in [4.69, 9.17) is 4.42 Å². The number of hydrogen-bond donors (Lipinski definition) is 0. The number of alkyl halides is 1. The van der Waals surface area contributed by atoms with E-state index in [2.05, 4.69) is 15.1 Å². The quantitative estimate of drug-likeness (QED) is 0.782. The first kappa shape index (κ1) is 10.2. The smallest absolute Gasteiger partial charge is 0.230 e. The Kier molecular flexibility index (Phi) is 2.63. The predicted molar refractivity (Wildman–Crippen MR) is 55.6 cm³/mol. The van der Waals surface area contributed by atoms with Crippen LogP contribution < -0.4 is 0 Å². The molecule has 1 aliphatic heterocycles. The zero-order chi connectivity index (χ0) is 11.0. The topological polar surface area (TPSA) is 42.2 Å². The molecule has 5 heteroatoms. The van der Waals surface area contributed by atoms with Crippen molar-refractivity contribution in [3.63, 3.8) is 0 Å². The molecule has 0 aromatic carbocycles. The fourth-order valence-corrected chi connectivity index (χ4v) is 2.20. The Bertz CT molecular complexity index is 364. The Balaban J connectivity index is 1.57. The normalized spacial score (nSPS) is 26.4. The second-order valence-corrected chi connectivity index (χ2v) is 4.85. The lowest BCUT2D eigenvalue weighted by Crippen LogP contribution is -2.20. The highest BCUT2D eigenvalue weighted by molar-refractivity contribution is 5.00. The van der Waals surface area contributed by atoms with Gasteiger partial charge in [0, 0.05) is 18.4 Å². The number of nitrogens with zero attached hydrogens (tertiary/aromatic N) is 3. The van der Waals surface area contributed by atoms with Crippen molar-refractivity contribution in [2.75, 3.05) is 19.8 Å².